The fourth-order valence-electron chi connectivity index (χ4n) is 4.16. The van der Waals surface area contributed by atoms with Crippen LogP contribution in [0.3, 0.4) is 0 Å². The second-order valence-electron chi connectivity index (χ2n) is 8.32. The van der Waals surface area contributed by atoms with Crippen molar-refractivity contribution in [1.29, 1.82) is 0 Å². The minimum atomic E-state index is -1.24. The lowest BCUT2D eigenvalue weighted by molar-refractivity contribution is -0.131. The molecule has 2 aromatic carbocycles. The molecule has 1 fully saturated rings. The SMILES string of the molecule is CNC1(C(=O)N[C@@H](COc2cnc3ccc(F)cc3c2C(=O)O)Cc2ccccc2)CCC1. The first kappa shape index (κ1) is 22.7. The van der Waals surface area contributed by atoms with Gasteiger partial charge in [-0.3, -0.25) is 9.78 Å². The van der Waals surface area contributed by atoms with Crippen LogP contribution < -0.4 is 15.4 Å². The van der Waals surface area contributed by atoms with E-state index in [1.807, 2.05) is 30.3 Å². The number of ether oxygens (including phenoxy) is 1. The molecular weight excluding hydrogens is 425 g/mol. The summed E-state index contributed by atoms with van der Waals surface area (Å²) in [5, 5.41) is 16.1. The van der Waals surface area contributed by atoms with Gasteiger partial charge in [-0.1, -0.05) is 30.3 Å². The first-order valence-corrected chi connectivity index (χ1v) is 10.9. The number of fused-ring (bicyclic) bond motifs is 1. The third kappa shape index (κ3) is 4.80. The molecule has 1 aromatic heterocycles. The highest BCUT2D eigenvalue weighted by Gasteiger charge is 2.43. The molecule has 1 saturated carbocycles. The monoisotopic (exact) mass is 451 g/mol. The topological polar surface area (TPSA) is 101 Å². The lowest BCUT2D eigenvalue weighted by Crippen LogP contribution is -2.62. The second-order valence-corrected chi connectivity index (χ2v) is 8.32. The number of nitrogens with zero attached hydrogens (tertiary/aromatic N) is 1. The molecule has 4 rings (SSSR count). The number of aromatic nitrogens is 1. The van der Waals surface area contributed by atoms with E-state index in [2.05, 4.69) is 15.6 Å². The molecule has 0 saturated heterocycles. The number of halogens is 1. The van der Waals surface area contributed by atoms with Crippen LogP contribution >= 0.6 is 0 Å². The van der Waals surface area contributed by atoms with E-state index in [0.29, 0.717) is 11.9 Å². The van der Waals surface area contributed by atoms with Crippen LogP contribution in [-0.2, 0) is 11.2 Å². The van der Waals surface area contributed by atoms with Gasteiger partial charge in [-0.05, 0) is 56.5 Å². The first-order chi connectivity index (χ1) is 15.9. The quantitative estimate of drug-likeness (QED) is 0.462. The van der Waals surface area contributed by atoms with E-state index in [1.54, 1.807) is 7.05 Å². The van der Waals surface area contributed by atoms with Crippen molar-refractivity contribution in [2.75, 3.05) is 13.7 Å². The van der Waals surface area contributed by atoms with Crippen molar-refractivity contribution in [3.63, 3.8) is 0 Å². The number of aromatic carboxylic acids is 1. The number of hydrogen-bond donors (Lipinski definition) is 3. The van der Waals surface area contributed by atoms with Crippen LogP contribution in [0.5, 0.6) is 5.75 Å². The van der Waals surface area contributed by atoms with Gasteiger partial charge in [-0.15, -0.1) is 0 Å². The van der Waals surface area contributed by atoms with Gasteiger partial charge in [-0.25, -0.2) is 9.18 Å². The zero-order chi connectivity index (χ0) is 23.4. The van der Waals surface area contributed by atoms with Gasteiger partial charge in [0.2, 0.25) is 5.91 Å². The Morgan fingerprint density at radius 2 is 1.97 bits per heavy atom. The fraction of sp³-hybridized carbons (Fsp3) is 0.320. The van der Waals surface area contributed by atoms with Gasteiger partial charge in [0.25, 0.3) is 0 Å². The minimum absolute atomic E-state index is 0.0277. The maximum absolute atomic E-state index is 13.8. The predicted octanol–water partition coefficient (Wildman–Crippen LogP) is 3.32. The number of carbonyl (C=O) groups is 2. The number of carboxylic acid groups (broad SMARTS) is 1. The molecule has 1 atom stereocenters. The van der Waals surface area contributed by atoms with Crippen molar-refractivity contribution >= 4 is 22.8 Å². The van der Waals surface area contributed by atoms with Crippen molar-refractivity contribution in [2.24, 2.45) is 0 Å². The van der Waals surface area contributed by atoms with E-state index in [-0.39, 0.29) is 29.2 Å². The molecular formula is C25H26FN3O4. The maximum atomic E-state index is 13.8. The Bertz CT molecular complexity index is 1160. The van der Waals surface area contributed by atoms with Crippen LogP contribution in [0.2, 0.25) is 0 Å². The summed E-state index contributed by atoms with van der Waals surface area (Å²) < 4.78 is 19.7. The first-order valence-electron chi connectivity index (χ1n) is 10.9. The molecule has 0 spiro atoms. The van der Waals surface area contributed by atoms with Crippen molar-refractivity contribution in [3.8, 4) is 5.75 Å². The average Bonchev–Trinajstić information content (AvgIpc) is 2.77. The third-order valence-corrected chi connectivity index (χ3v) is 6.23. The highest BCUT2D eigenvalue weighted by molar-refractivity contribution is 6.04. The maximum Gasteiger partial charge on any atom is 0.340 e. The molecule has 3 aromatic rings. The van der Waals surface area contributed by atoms with Gasteiger partial charge in [0.05, 0.1) is 23.3 Å². The van der Waals surface area contributed by atoms with E-state index < -0.39 is 23.4 Å². The number of pyridine rings is 1. The molecule has 172 valence electrons. The zero-order valence-corrected chi connectivity index (χ0v) is 18.3. The summed E-state index contributed by atoms with van der Waals surface area (Å²) in [4.78, 5) is 29.2. The molecule has 0 aliphatic heterocycles. The molecule has 0 bridgehead atoms. The average molecular weight is 451 g/mol. The number of amides is 1. The van der Waals surface area contributed by atoms with E-state index >= 15 is 0 Å². The molecule has 0 radical (unpaired) electrons. The Morgan fingerprint density at radius 1 is 1.21 bits per heavy atom. The summed E-state index contributed by atoms with van der Waals surface area (Å²) >= 11 is 0. The van der Waals surface area contributed by atoms with Crippen molar-refractivity contribution in [2.45, 2.75) is 37.3 Å². The lowest BCUT2D eigenvalue weighted by Gasteiger charge is -2.40. The van der Waals surface area contributed by atoms with Crippen molar-refractivity contribution in [1.82, 2.24) is 15.6 Å². The molecule has 1 amide bonds. The molecule has 33 heavy (non-hydrogen) atoms. The van der Waals surface area contributed by atoms with E-state index in [9.17, 15) is 19.1 Å². The number of rotatable bonds is 9. The molecule has 1 aliphatic carbocycles. The largest absolute Gasteiger partial charge is 0.489 e. The second kappa shape index (κ2) is 9.54. The summed E-state index contributed by atoms with van der Waals surface area (Å²) in [5.41, 5.74) is 0.630. The number of carboxylic acids is 1. The summed E-state index contributed by atoms with van der Waals surface area (Å²) in [6.45, 7) is 0.0310. The van der Waals surface area contributed by atoms with Gasteiger partial charge < -0.3 is 20.5 Å². The van der Waals surface area contributed by atoms with Crippen LogP contribution in [0.15, 0.2) is 54.7 Å². The Kier molecular flexibility index (Phi) is 6.55. The smallest absolute Gasteiger partial charge is 0.340 e. The van der Waals surface area contributed by atoms with Gasteiger partial charge in [0.15, 0.2) is 5.75 Å². The van der Waals surface area contributed by atoms with Crippen molar-refractivity contribution in [3.05, 3.63) is 71.7 Å². The van der Waals surface area contributed by atoms with Gasteiger partial charge in [-0.2, -0.15) is 0 Å². The predicted molar refractivity (Wildman–Crippen MR) is 122 cm³/mol. The summed E-state index contributed by atoms with van der Waals surface area (Å²) in [7, 11) is 1.78. The third-order valence-electron chi connectivity index (χ3n) is 6.23. The molecule has 1 heterocycles. The number of carbonyl (C=O) groups excluding carboxylic acids is 1. The normalized spacial score (nSPS) is 15.5. The standard InChI is InChI=1S/C25H26FN3O4/c1-27-25(10-5-11-25)24(32)29-18(12-16-6-3-2-4-7-16)15-33-21-14-28-20-9-8-17(26)13-19(20)22(21)23(30)31/h2-4,6-9,13-14,18,27H,5,10-12,15H2,1H3,(H,29,32)(H,30,31)/t18-/m1/s1. The highest BCUT2D eigenvalue weighted by Crippen LogP contribution is 2.32. The van der Waals surface area contributed by atoms with Crippen LogP contribution in [0.25, 0.3) is 10.9 Å². The number of nitrogens with one attached hydrogen (secondary N) is 2. The van der Waals surface area contributed by atoms with Gasteiger partial charge in [0.1, 0.15) is 18.0 Å². The van der Waals surface area contributed by atoms with Crippen LogP contribution in [0, 0.1) is 5.82 Å². The molecule has 8 heteroatoms. The summed E-state index contributed by atoms with van der Waals surface area (Å²) in [6, 6.07) is 13.0. The Balaban J connectivity index is 1.58. The summed E-state index contributed by atoms with van der Waals surface area (Å²) in [6.07, 6.45) is 4.33. The highest BCUT2D eigenvalue weighted by atomic mass is 19.1. The van der Waals surface area contributed by atoms with Crippen molar-refractivity contribution < 1.29 is 23.8 Å². The fourth-order valence-corrected chi connectivity index (χ4v) is 4.16. The van der Waals surface area contributed by atoms with Crippen LogP contribution in [0.4, 0.5) is 4.39 Å². The Labute approximate surface area is 191 Å². The van der Waals surface area contributed by atoms with Crippen LogP contribution in [-0.4, -0.2) is 47.2 Å². The molecule has 0 unspecified atom stereocenters. The van der Waals surface area contributed by atoms with E-state index in [1.165, 1.54) is 18.3 Å². The minimum Gasteiger partial charge on any atom is -0.489 e. The number of benzene rings is 2. The molecule has 7 nitrogen and oxygen atoms in total. The molecule has 3 N–H and O–H groups in total. The molecule has 1 aliphatic rings. The Morgan fingerprint density at radius 3 is 2.61 bits per heavy atom. The van der Waals surface area contributed by atoms with E-state index in [4.69, 9.17) is 4.74 Å². The van der Waals surface area contributed by atoms with E-state index in [0.717, 1.165) is 30.9 Å². The number of likely N-dealkylation sites (N-methyl/N-ethyl adjacent to an activating group) is 1. The summed E-state index contributed by atoms with van der Waals surface area (Å²) in [5.74, 6) is -1.87. The zero-order valence-electron chi connectivity index (χ0n) is 18.3. The van der Waals surface area contributed by atoms with Gasteiger partial charge in [0, 0.05) is 5.39 Å². The van der Waals surface area contributed by atoms with Gasteiger partial charge >= 0.3 is 5.97 Å². The Hall–Kier alpha value is -3.52. The number of hydrogen-bond acceptors (Lipinski definition) is 5. The lowest BCUT2D eigenvalue weighted by atomic mass is 9.76. The van der Waals surface area contributed by atoms with Crippen LogP contribution in [0.1, 0.15) is 35.2 Å².